The summed E-state index contributed by atoms with van der Waals surface area (Å²) in [6, 6.07) is 14.1. The summed E-state index contributed by atoms with van der Waals surface area (Å²) in [4.78, 5) is 20.8. The fourth-order valence-corrected chi connectivity index (χ4v) is 5.94. The Morgan fingerprint density at radius 2 is 2.05 bits per heavy atom. The smallest absolute Gasteiger partial charge is 0.308 e. The number of rotatable bonds is 8. The number of carboxylic acids is 1. The van der Waals surface area contributed by atoms with Crippen LogP contribution in [-0.4, -0.2) is 60.4 Å². The minimum Gasteiger partial charge on any atom is -0.488 e. The van der Waals surface area contributed by atoms with E-state index >= 15 is 0 Å². The highest BCUT2D eigenvalue weighted by atomic mass is 32.1. The van der Waals surface area contributed by atoms with Gasteiger partial charge in [0, 0.05) is 43.7 Å². The zero-order valence-corrected chi connectivity index (χ0v) is 22.5. The predicted molar refractivity (Wildman–Crippen MR) is 146 cm³/mol. The van der Waals surface area contributed by atoms with E-state index in [1.807, 2.05) is 23.3 Å². The second-order valence-electron chi connectivity index (χ2n) is 10.1. The summed E-state index contributed by atoms with van der Waals surface area (Å²) in [5.74, 6) is -0.440. The van der Waals surface area contributed by atoms with Crippen molar-refractivity contribution in [2.45, 2.75) is 27.0 Å². The van der Waals surface area contributed by atoms with E-state index in [4.69, 9.17) is 14.5 Å². The highest BCUT2D eigenvalue weighted by Crippen LogP contribution is 2.37. The van der Waals surface area contributed by atoms with Gasteiger partial charge in [-0.25, -0.2) is 4.98 Å². The van der Waals surface area contributed by atoms with Crippen LogP contribution >= 0.6 is 11.3 Å². The van der Waals surface area contributed by atoms with Gasteiger partial charge in [0.2, 0.25) is 0 Å². The fraction of sp³-hybridized carbons (Fsp3) is 0.414. The number of ether oxygens (including phenoxy) is 2. The number of aromatic nitrogens is 1. The molecule has 0 bridgehead atoms. The van der Waals surface area contributed by atoms with Crippen molar-refractivity contribution in [3.8, 4) is 23.1 Å². The van der Waals surface area contributed by atoms with E-state index in [0.29, 0.717) is 31.0 Å². The van der Waals surface area contributed by atoms with Gasteiger partial charge in [-0.1, -0.05) is 25.1 Å². The molecule has 2 aliphatic heterocycles. The molecule has 0 aliphatic carbocycles. The van der Waals surface area contributed by atoms with Gasteiger partial charge in [0.15, 0.2) is 5.13 Å². The van der Waals surface area contributed by atoms with Gasteiger partial charge in [-0.3, -0.25) is 9.69 Å². The summed E-state index contributed by atoms with van der Waals surface area (Å²) in [5, 5.41) is 21.7. The molecule has 2 aliphatic rings. The Hall–Kier alpha value is -3.45. The van der Waals surface area contributed by atoms with Gasteiger partial charge in [0.1, 0.15) is 12.4 Å². The molecule has 2 saturated heterocycles. The van der Waals surface area contributed by atoms with Crippen LogP contribution in [0.3, 0.4) is 0 Å². The summed E-state index contributed by atoms with van der Waals surface area (Å²) in [6.07, 6.45) is 0. The quantitative estimate of drug-likeness (QED) is 0.451. The molecule has 2 fully saturated rings. The van der Waals surface area contributed by atoms with E-state index in [1.165, 1.54) is 22.5 Å². The molecular formula is C29H32N4O4S. The molecule has 5 rings (SSSR count). The Balaban J connectivity index is 1.31. The van der Waals surface area contributed by atoms with Gasteiger partial charge in [-0.2, -0.15) is 5.26 Å². The Bertz CT molecular complexity index is 1340. The first-order chi connectivity index (χ1) is 18.4. The van der Waals surface area contributed by atoms with E-state index < -0.39 is 11.9 Å². The van der Waals surface area contributed by atoms with Gasteiger partial charge in [-0.05, 0) is 47.7 Å². The molecule has 198 valence electrons. The zero-order valence-electron chi connectivity index (χ0n) is 21.7. The van der Waals surface area contributed by atoms with Crippen LogP contribution in [-0.2, 0) is 22.7 Å². The molecule has 0 saturated carbocycles. The molecule has 2 unspecified atom stereocenters. The van der Waals surface area contributed by atoms with Gasteiger partial charge < -0.3 is 19.5 Å². The second-order valence-corrected chi connectivity index (χ2v) is 10.9. The summed E-state index contributed by atoms with van der Waals surface area (Å²) in [5.41, 5.74) is 5.58. The van der Waals surface area contributed by atoms with Crippen molar-refractivity contribution in [2.24, 2.45) is 11.8 Å². The number of nitriles is 1. The van der Waals surface area contributed by atoms with E-state index in [2.05, 4.69) is 36.1 Å². The number of hydrogen-bond donors (Lipinski definition) is 1. The molecule has 0 amide bonds. The normalized spacial score (nSPS) is 19.9. The maximum Gasteiger partial charge on any atom is 0.308 e. The number of anilines is 1. The Labute approximate surface area is 227 Å². The minimum absolute atomic E-state index is 0.0594. The molecule has 3 heterocycles. The molecule has 0 radical (unpaired) electrons. The van der Waals surface area contributed by atoms with Gasteiger partial charge >= 0.3 is 5.97 Å². The Morgan fingerprint density at radius 3 is 2.76 bits per heavy atom. The second kappa shape index (κ2) is 11.5. The van der Waals surface area contributed by atoms with Crippen molar-refractivity contribution >= 4 is 22.4 Å². The topological polar surface area (TPSA) is 98.9 Å². The van der Waals surface area contributed by atoms with Crippen molar-refractivity contribution < 1.29 is 19.4 Å². The van der Waals surface area contributed by atoms with E-state index in [0.717, 1.165) is 54.8 Å². The number of aliphatic carboxylic acids is 1. The van der Waals surface area contributed by atoms with E-state index in [1.54, 1.807) is 12.1 Å². The summed E-state index contributed by atoms with van der Waals surface area (Å²) in [7, 11) is 0. The van der Waals surface area contributed by atoms with Crippen LogP contribution < -0.4 is 9.64 Å². The largest absolute Gasteiger partial charge is 0.488 e. The van der Waals surface area contributed by atoms with Crippen LogP contribution in [0.15, 0.2) is 41.8 Å². The first-order valence-corrected chi connectivity index (χ1v) is 13.8. The number of morpholine rings is 1. The predicted octanol–water partition coefficient (Wildman–Crippen LogP) is 4.56. The molecule has 8 nitrogen and oxygen atoms in total. The molecule has 2 aromatic carbocycles. The molecule has 2 atom stereocenters. The van der Waals surface area contributed by atoms with Crippen LogP contribution in [0.4, 0.5) is 5.13 Å². The maximum atomic E-state index is 11.6. The van der Waals surface area contributed by atoms with Gasteiger partial charge in [0.25, 0.3) is 0 Å². The summed E-state index contributed by atoms with van der Waals surface area (Å²) < 4.78 is 11.7. The zero-order chi connectivity index (χ0) is 26.6. The summed E-state index contributed by atoms with van der Waals surface area (Å²) >= 11 is 1.48. The lowest BCUT2D eigenvalue weighted by Crippen LogP contribution is -2.35. The Morgan fingerprint density at radius 1 is 1.24 bits per heavy atom. The van der Waals surface area contributed by atoms with Crippen molar-refractivity contribution in [3.05, 3.63) is 64.0 Å². The van der Waals surface area contributed by atoms with Crippen LogP contribution in [0.25, 0.3) is 11.3 Å². The SMILES string of the molecule is Cc1cc(CN2CCOCC2)ccc1COc1ccc(C#N)cc1-c1csc(N2CC(C)C(C(=O)O)C2)n1. The average molecular weight is 533 g/mol. The third kappa shape index (κ3) is 5.83. The van der Waals surface area contributed by atoms with Gasteiger partial charge in [-0.15, -0.1) is 11.3 Å². The minimum atomic E-state index is -0.765. The van der Waals surface area contributed by atoms with Crippen LogP contribution in [0.2, 0.25) is 0 Å². The van der Waals surface area contributed by atoms with Crippen LogP contribution in [0, 0.1) is 30.1 Å². The number of nitrogens with zero attached hydrogens (tertiary/aromatic N) is 4. The molecule has 1 N–H and O–H groups in total. The van der Waals surface area contributed by atoms with E-state index in [9.17, 15) is 15.2 Å². The number of thiazole rings is 1. The number of carboxylic acid groups (broad SMARTS) is 1. The number of carbonyl (C=O) groups is 1. The molecular weight excluding hydrogens is 500 g/mol. The monoisotopic (exact) mass is 532 g/mol. The highest BCUT2D eigenvalue weighted by Gasteiger charge is 2.36. The lowest BCUT2D eigenvalue weighted by molar-refractivity contribution is -0.142. The van der Waals surface area contributed by atoms with E-state index in [-0.39, 0.29) is 5.92 Å². The molecule has 0 spiro atoms. The summed E-state index contributed by atoms with van der Waals surface area (Å²) in [6.45, 7) is 10.0. The standard InChI is InChI=1S/C29H32N4O4S/c1-19-11-22(15-32-7-9-36-10-8-32)3-5-23(19)17-37-27-6-4-21(13-30)12-24(27)26-18-38-29(31-26)33-14-20(2)25(16-33)28(34)35/h3-6,11-12,18,20,25H,7-10,14-17H2,1-2H3,(H,34,35). The lowest BCUT2D eigenvalue weighted by Gasteiger charge is -2.26. The Kier molecular flexibility index (Phi) is 7.93. The molecule has 1 aromatic heterocycles. The van der Waals surface area contributed by atoms with Crippen molar-refractivity contribution in [3.63, 3.8) is 0 Å². The fourth-order valence-electron chi connectivity index (χ4n) is 5.09. The lowest BCUT2D eigenvalue weighted by atomic mass is 9.99. The van der Waals surface area contributed by atoms with Gasteiger partial charge in [0.05, 0.1) is 36.5 Å². The third-order valence-corrected chi connectivity index (χ3v) is 8.28. The highest BCUT2D eigenvalue weighted by molar-refractivity contribution is 7.14. The van der Waals surface area contributed by atoms with Crippen LogP contribution in [0.5, 0.6) is 5.75 Å². The first-order valence-electron chi connectivity index (χ1n) is 12.9. The first kappa shape index (κ1) is 26.2. The number of hydrogen-bond acceptors (Lipinski definition) is 8. The van der Waals surface area contributed by atoms with Crippen molar-refractivity contribution in [2.75, 3.05) is 44.3 Å². The average Bonchev–Trinajstić information content (AvgIpc) is 3.56. The molecule has 38 heavy (non-hydrogen) atoms. The van der Waals surface area contributed by atoms with Crippen molar-refractivity contribution in [1.29, 1.82) is 5.26 Å². The maximum absolute atomic E-state index is 11.6. The molecule has 9 heteroatoms. The number of benzene rings is 2. The third-order valence-electron chi connectivity index (χ3n) is 7.38. The molecule has 3 aromatic rings. The number of aryl methyl sites for hydroxylation is 1. The van der Waals surface area contributed by atoms with Crippen LogP contribution in [0.1, 0.15) is 29.2 Å². The van der Waals surface area contributed by atoms with Crippen molar-refractivity contribution in [1.82, 2.24) is 9.88 Å².